The van der Waals surface area contributed by atoms with E-state index in [2.05, 4.69) is 39.9 Å². The number of fused-ring (bicyclic) bond motifs is 2. The van der Waals surface area contributed by atoms with Crippen LogP contribution in [0.25, 0.3) is 0 Å². The Morgan fingerprint density at radius 3 is 2.41 bits per heavy atom. The van der Waals surface area contributed by atoms with E-state index in [9.17, 15) is 0 Å². The summed E-state index contributed by atoms with van der Waals surface area (Å²) in [5.41, 5.74) is 1.11. The molecule has 0 spiro atoms. The molecule has 1 heteroatoms. The molecule has 2 bridgehead atoms. The third-order valence-electron chi connectivity index (χ3n) is 6.14. The Balaban J connectivity index is 1.84. The average Bonchev–Trinajstić information content (AvgIpc) is 2.56. The first kappa shape index (κ1) is 13.4. The smallest absolute Gasteiger partial charge is 0.0129 e. The van der Waals surface area contributed by atoms with Crippen LogP contribution in [0.3, 0.4) is 0 Å². The maximum absolute atomic E-state index is 3.86. The van der Waals surface area contributed by atoms with E-state index in [0.29, 0.717) is 10.8 Å². The quantitative estimate of drug-likeness (QED) is 0.706. The molecule has 2 saturated carbocycles. The number of nitrogens with one attached hydrogen (secondary N) is 1. The van der Waals surface area contributed by atoms with E-state index >= 15 is 0 Å². The van der Waals surface area contributed by atoms with Crippen LogP contribution in [0.15, 0.2) is 0 Å². The maximum Gasteiger partial charge on any atom is 0.0129 e. The first-order chi connectivity index (χ1) is 7.88. The highest BCUT2D eigenvalue weighted by atomic mass is 15.0. The van der Waals surface area contributed by atoms with Crippen molar-refractivity contribution in [1.29, 1.82) is 0 Å². The van der Waals surface area contributed by atoms with Gasteiger partial charge in [0.05, 0.1) is 0 Å². The first-order valence-electron chi connectivity index (χ1n) is 7.61. The molecule has 0 heterocycles. The molecule has 0 aromatic rings. The summed E-state index contributed by atoms with van der Waals surface area (Å²) < 4.78 is 0. The molecule has 2 rings (SSSR count). The Bertz CT molecular complexity index is 269. The fourth-order valence-corrected chi connectivity index (χ4v) is 4.30. The summed E-state index contributed by atoms with van der Waals surface area (Å²) in [5.74, 6) is 1.82. The van der Waals surface area contributed by atoms with Gasteiger partial charge < -0.3 is 5.32 Å². The van der Waals surface area contributed by atoms with E-state index in [0.717, 1.165) is 17.9 Å². The van der Waals surface area contributed by atoms with Gasteiger partial charge in [-0.05, 0) is 61.3 Å². The van der Waals surface area contributed by atoms with Gasteiger partial charge in [0.25, 0.3) is 0 Å². The zero-order valence-electron chi connectivity index (χ0n) is 12.5. The van der Waals surface area contributed by atoms with Crippen molar-refractivity contribution in [3.05, 3.63) is 0 Å². The molecule has 0 aromatic heterocycles. The summed E-state index contributed by atoms with van der Waals surface area (Å²) in [6.07, 6.45) is 7.03. The van der Waals surface area contributed by atoms with E-state index in [4.69, 9.17) is 0 Å². The van der Waals surface area contributed by atoms with Crippen molar-refractivity contribution in [2.45, 2.75) is 72.8 Å². The summed E-state index contributed by atoms with van der Waals surface area (Å²) in [6, 6.07) is 0.781. The van der Waals surface area contributed by atoms with Crippen LogP contribution >= 0.6 is 0 Å². The predicted molar refractivity (Wildman–Crippen MR) is 75.1 cm³/mol. The average molecular weight is 237 g/mol. The molecule has 0 radical (unpaired) electrons. The van der Waals surface area contributed by atoms with Crippen LogP contribution in [0.1, 0.15) is 66.7 Å². The van der Waals surface area contributed by atoms with Crippen LogP contribution in [0.4, 0.5) is 0 Å². The SMILES string of the molecule is CC(C)CCCNC1CC2CCC1(C)C2(C)C. The molecule has 3 atom stereocenters. The van der Waals surface area contributed by atoms with Crippen molar-refractivity contribution >= 4 is 0 Å². The van der Waals surface area contributed by atoms with Crippen molar-refractivity contribution in [1.82, 2.24) is 5.32 Å². The molecule has 2 fully saturated rings. The molecular formula is C16H31N. The highest BCUT2D eigenvalue weighted by Gasteiger charge is 2.60. The highest BCUT2D eigenvalue weighted by molar-refractivity contribution is 5.12. The lowest BCUT2D eigenvalue weighted by molar-refractivity contribution is 0.121. The normalized spacial score (nSPS) is 39.2. The molecule has 100 valence electrons. The van der Waals surface area contributed by atoms with E-state index in [-0.39, 0.29) is 0 Å². The summed E-state index contributed by atoms with van der Waals surface area (Å²) in [5, 5.41) is 3.86. The van der Waals surface area contributed by atoms with E-state index in [1.54, 1.807) is 0 Å². The first-order valence-corrected chi connectivity index (χ1v) is 7.61. The Morgan fingerprint density at radius 1 is 1.24 bits per heavy atom. The second-order valence-electron chi connectivity index (χ2n) is 7.65. The van der Waals surface area contributed by atoms with E-state index in [1.165, 1.54) is 38.6 Å². The third-order valence-corrected chi connectivity index (χ3v) is 6.14. The van der Waals surface area contributed by atoms with Gasteiger partial charge in [0, 0.05) is 6.04 Å². The largest absolute Gasteiger partial charge is 0.313 e. The molecule has 0 aromatic carbocycles. The summed E-state index contributed by atoms with van der Waals surface area (Å²) in [4.78, 5) is 0. The van der Waals surface area contributed by atoms with Gasteiger partial charge >= 0.3 is 0 Å². The zero-order valence-corrected chi connectivity index (χ0v) is 12.5. The van der Waals surface area contributed by atoms with Gasteiger partial charge in [-0.1, -0.05) is 34.6 Å². The molecular weight excluding hydrogens is 206 g/mol. The second kappa shape index (κ2) is 4.57. The monoisotopic (exact) mass is 237 g/mol. The Morgan fingerprint density at radius 2 is 1.94 bits per heavy atom. The second-order valence-corrected chi connectivity index (χ2v) is 7.65. The maximum atomic E-state index is 3.86. The summed E-state index contributed by atoms with van der Waals surface area (Å²) >= 11 is 0. The highest BCUT2D eigenvalue weighted by Crippen LogP contribution is 2.65. The minimum absolute atomic E-state index is 0.551. The third kappa shape index (κ3) is 2.16. The minimum atomic E-state index is 0.551. The standard InChI is InChI=1S/C16H31N/c1-12(2)7-6-10-17-14-11-13-8-9-16(14,5)15(13,3)4/h12-14,17H,6-11H2,1-5H3. The fraction of sp³-hybridized carbons (Fsp3) is 1.00. The fourth-order valence-electron chi connectivity index (χ4n) is 4.30. The number of rotatable bonds is 5. The van der Waals surface area contributed by atoms with Gasteiger partial charge in [0.15, 0.2) is 0 Å². The molecule has 3 unspecified atom stereocenters. The van der Waals surface area contributed by atoms with E-state index in [1.807, 2.05) is 0 Å². The molecule has 2 aliphatic rings. The van der Waals surface area contributed by atoms with Gasteiger partial charge in [0.2, 0.25) is 0 Å². The lowest BCUT2D eigenvalue weighted by atomic mass is 9.69. The number of hydrogen-bond donors (Lipinski definition) is 1. The molecule has 0 saturated heterocycles. The summed E-state index contributed by atoms with van der Waals surface area (Å²) in [6.45, 7) is 13.4. The van der Waals surface area contributed by atoms with Crippen LogP contribution < -0.4 is 5.32 Å². The van der Waals surface area contributed by atoms with Crippen LogP contribution in [-0.4, -0.2) is 12.6 Å². The van der Waals surface area contributed by atoms with Gasteiger partial charge in [0.1, 0.15) is 0 Å². The molecule has 17 heavy (non-hydrogen) atoms. The van der Waals surface area contributed by atoms with Crippen LogP contribution in [0.2, 0.25) is 0 Å². The van der Waals surface area contributed by atoms with Gasteiger partial charge in [-0.2, -0.15) is 0 Å². The van der Waals surface area contributed by atoms with Crippen LogP contribution in [-0.2, 0) is 0 Å². The predicted octanol–water partition coefficient (Wildman–Crippen LogP) is 4.23. The van der Waals surface area contributed by atoms with Gasteiger partial charge in [-0.25, -0.2) is 0 Å². The lowest BCUT2D eigenvalue weighted by Crippen LogP contribution is -2.44. The molecule has 2 aliphatic carbocycles. The van der Waals surface area contributed by atoms with Gasteiger partial charge in [-0.3, -0.25) is 0 Å². The van der Waals surface area contributed by atoms with Crippen LogP contribution in [0.5, 0.6) is 0 Å². The minimum Gasteiger partial charge on any atom is -0.313 e. The Kier molecular flexibility index (Phi) is 3.60. The van der Waals surface area contributed by atoms with Crippen LogP contribution in [0, 0.1) is 22.7 Å². The van der Waals surface area contributed by atoms with Crippen molar-refractivity contribution in [2.24, 2.45) is 22.7 Å². The van der Waals surface area contributed by atoms with Crippen molar-refractivity contribution in [3.8, 4) is 0 Å². The zero-order chi connectivity index (χ0) is 12.7. The topological polar surface area (TPSA) is 12.0 Å². The molecule has 0 aliphatic heterocycles. The van der Waals surface area contributed by atoms with Gasteiger partial charge in [-0.15, -0.1) is 0 Å². The van der Waals surface area contributed by atoms with Crippen molar-refractivity contribution < 1.29 is 0 Å². The summed E-state index contributed by atoms with van der Waals surface area (Å²) in [7, 11) is 0. The van der Waals surface area contributed by atoms with E-state index < -0.39 is 0 Å². The Labute approximate surface area is 108 Å². The Hall–Kier alpha value is -0.0400. The number of hydrogen-bond acceptors (Lipinski definition) is 1. The van der Waals surface area contributed by atoms with Crippen molar-refractivity contribution in [2.75, 3.05) is 6.54 Å². The molecule has 0 amide bonds. The molecule has 1 nitrogen and oxygen atoms in total. The lowest BCUT2D eigenvalue weighted by Gasteiger charge is -2.39. The van der Waals surface area contributed by atoms with Crippen molar-refractivity contribution in [3.63, 3.8) is 0 Å². The molecule has 1 N–H and O–H groups in total.